The summed E-state index contributed by atoms with van der Waals surface area (Å²) in [5.74, 6) is -2.05. The molecule has 0 aliphatic heterocycles. The molecule has 0 aliphatic carbocycles. The Morgan fingerprint density at radius 2 is 1.76 bits per heavy atom. The highest BCUT2D eigenvalue weighted by Crippen LogP contribution is 2.11. The van der Waals surface area contributed by atoms with Crippen LogP contribution in [0.2, 0.25) is 0 Å². The number of alkyl carbamates (subject to hydrolysis) is 2. The Morgan fingerprint density at radius 3 is 2.35 bits per heavy atom. The molecule has 37 heavy (non-hydrogen) atoms. The summed E-state index contributed by atoms with van der Waals surface area (Å²) >= 11 is 0. The Kier molecular flexibility index (Phi) is 13.7. The van der Waals surface area contributed by atoms with Crippen LogP contribution in [0.1, 0.15) is 65.4 Å². The quantitative estimate of drug-likeness (QED) is 0.200. The third kappa shape index (κ3) is 13.3. The van der Waals surface area contributed by atoms with Gasteiger partial charge in [0.2, 0.25) is 0 Å². The maximum absolute atomic E-state index is 12.4. The van der Waals surface area contributed by atoms with Gasteiger partial charge in [-0.1, -0.05) is 37.3 Å². The molecule has 0 bridgehead atoms. The zero-order valence-corrected chi connectivity index (χ0v) is 21.7. The number of nitrogens with zero attached hydrogens (tertiary/aromatic N) is 1. The minimum atomic E-state index is -1.90. The van der Waals surface area contributed by atoms with Crippen molar-refractivity contribution in [3.63, 3.8) is 0 Å². The van der Waals surface area contributed by atoms with Crippen molar-refractivity contribution in [1.82, 2.24) is 15.7 Å². The second-order valence-electron chi connectivity index (χ2n) is 9.17. The maximum atomic E-state index is 12.4. The van der Waals surface area contributed by atoms with Gasteiger partial charge in [0, 0.05) is 13.0 Å². The maximum Gasteiger partial charge on any atom is 0.407 e. The minimum Gasteiger partial charge on any atom is -0.445 e. The second-order valence-corrected chi connectivity index (χ2v) is 9.17. The fourth-order valence-electron chi connectivity index (χ4n) is 2.99. The van der Waals surface area contributed by atoms with Gasteiger partial charge in [0.1, 0.15) is 12.2 Å². The number of nitrogens with one attached hydrogen (secondary N) is 2. The van der Waals surface area contributed by atoms with Crippen LogP contribution in [0.15, 0.2) is 30.3 Å². The summed E-state index contributed by atoms with van der Waals surface area (Å²) < 4.78 is 10.3. The van der Waals surface area contributed by atoms with E-state index in [2.05, 4.69) is 10.6 Å². The predicted octanol–water partition coefficient (Wildman–Crippen LogP) is 2.58. The molecule has 2 atom stereocenters. The van der Waals surface area contributed by atoms with Gasteiger partial charge < -0.3 is 30.1 Å². The van der Waals surface area contributed by atoms with Crippen molar-refractivity contribution in [1.29, 1.82) is 0 Å². The van der Waals surface area contributed by atoms with E-state index >= 15 is 0 Å². The lowest BCUT2D eigenvalue weighted by molar-refractivity contribution is -0.203. The van der Waals surface area contributed by atoms with E-state index in [1.807, 2.05) is 6.07 Å². The average Bonchev–Trinajstić information content (AvgIpc) is 2.84. The summed E-state index contributed by atoms with van der Waals surface area (Å²) in [5, 5.41) is 15.8. The first-order valence-electron chi connectivity index (χ1n) is 12.1. The third-order valence-electron chi connectivity index (χ3n) is 4.74. The van der Waals surface area contributed by atoms with Crippen molar-refractivity contribution < 1.29 is 43.4 Å². The smallest absolute Gasteiger partial charge is 0.407 e. The Morgan fingerprint density at radius 1 is 1.08 bits per heavy atom. The van der Waals surface area contributed by atoms with Crippen LogP contribution in [-0.2, 0) is 35.3 Å². The fraction of sp³-hybridized carbons (Fsp3) is 0.560. The summed E-state index contributed by atoms with van der Waals surface area (Å²) in [6.07, 6.45) is -2.07. The Labute approximate surface area is 216 Å². The standard InChI is InChI=1S/C25H37N3O9/c1-5-11-20(30)28(17-29)37-22(32)21(31)19(14-9-10-15-26-23(33)36-25(2,3)4)27-24(34)35-16-18-12-7-6-8-13-18/h6-8,12-13,17,19,21,31H,5,9-11,14-16H2,1-4H3,(H,26,33)(H,27,34). The third-order valence-corrected chi connectivity index (χ3v) is 4.74. The molecule has 0 aliphatic rings. The monoisotopic (exact) mass is 523 g/mol. The molecular weight excluding hydrogens is 486 g/mol. The average molecular weight is 524 g/mol. The Bertz CT molecular complexity index is 887. The number of ether oxygens (including phenoxy) is 2. The second kappa shape index (κ2) is 16.1. The van der Waals surface area contributed by atoms with Crippen LogP contribution < -0.4 is 10.6 Å². The number of rotatable bonds is 13. The molecule has 2 unspecified atom stereocenters. The molecule has 4 amide bonds. The molecule has 206 valence electrons. The highest BCUT2D eigenvalue weighted by atomic mass is 16.7. The number of carbonyl (C=O) groups is 5. The van der Waals surface area contributed by atoms with E-state index in [9.17, 15) is 29.1 Å². The summed E-state index contributed by atoms with van der Waals surface area (Å²) in [4.78, 5) is 64.3. The largest absolute Gasteiger partial charge is 0.445 e. The van der Waals surface area contributed by atoms with Crippen molar-refractivity contribution in [3.05, 3.63) is 35.9 Å². The molecule has 12 heteroatoms. The molecule has 0 fully saturated rings. The molecule has 0 spiro atoms. The van der Waals surface area contributed by atoms with Crippen LogP contribution in [0.4, 0.5) is 9.59 Å². The number of hydrogen-bond donors (Lipinski definition) is 3. The lowest BCUT2D eigenvalue weighted by atomic mass is 10.0. The highest BCUT2D eigenvalue weighted by Gasteiger charge is 2.32. The lowest BCUT2D eigenvalue weighted by Crippen LogP contribution is -2.49. The van der Waals surface area contributed by atoms with E-state index < -0.39 is 41.8 Å². The minimum absolute atomic E-state index is 0.0293. The number of aliphatic hydroxyl groups is 1. The zero-order chi connectivity index (χ0) is 27.8. The van der Waals surface area contributed by atoms with Crippen molar-refractivity contribution in [2.45, 2.75) is 84.2 Å². The summed E-state index contributed by atoms with van der Waals surface area (Å²) in [6, 6.07) is 7.73. The Balaban J connectivity index is 2.73. The number of hydroxylamine groups is 2. The van der Waals surface area contributed by atoms with Gasteiger partial charge in [-0.05, 0) is 52.0 Å². The number of unbranched alkanes of at least 4 members (excludes halogenated alkanes) is 1. The summed E-state index contributed by atoms with van der Waals surface area (Å²) in [7, 11) is 0. The number of hydrogen-bond acceptors (Lipinski definition) is 9. The number of amides is 4. The van der Waals surface area contributed by atoms with Gasteiger partial charge in [0.15, 0.2) is 6.10 Å². The van der Waals surface area contributed by atoms with Crippen LogP contribution in [0.3, 0.4) is 0 Å². The van der Waals surface area contributed by atoms with Crippen molar-refractivity contribution >= 4 is 30.5 Å². The van der Waals surface area contributed by atoms with Crippen molar-refractivity contribution in [3.8, 4) is 0 Å². The fourth-order valence-corrected chi connectivity index (χ4v) is 2.99. The van der Waals surface area contributed by atoms with Gasteiger partial charge in [-0.2, -0.15) is 0 Å². The first-order chi connectivity index (χ1) is 17.5. The number of imide groups is 1. The van der Waals surface area contributed by atoms with Crippen molar-refractivity contribution in [2.75, 3.05) is 6.54 Å². The molecule has 0 saturated carbocycles. The number of carbonyl (C=O) groups excluding carboxylic acids is 5. The van der Waals surface area contributed by atoms with Crippen LogP contribution in [0.25, 0.3) is 0 Å². The van der Waals surface area contributed by atoms with Crippen LogP contribution in [0.5, 0.6) is 0 Å². The molecule has 1 rings (SSSR count). The summed E-state index contributed by atoms with van der Waals surface area (Å²) in [5.41, 5.74) is 0.0934. The molecule has 12 nitrogen and oxygen atoms in total. The van der Waals surface area contributed by atoms with Gasteiger partial charge in [0.05, 0.1) is 6.04 Å². The van der Waals surface area contributed by atoms with Gasteiger partial charge >= 0.3 is 18.2 Å². The van der Waals surface area contributed by atoms with Gasteiger partial charge in [-0.25, -0.2) is 14.4 Å². The zero-order valence-electron chi connectivity index (χ0n) is 21.7. The summed E-state index contributed by atoms with van der Waals surface area (Å²) in [6.45, 7) is 7.14. The molecule has 1 aromatic carbocycles. The first-order valence-corrected chi connectivity index (χ1v) is 12.1. The molecule has 0 heterocycles. The lowest BCUT2D eigenvalue weighted by Gasteiger charge is -2.24. The number of aliphatic hydroxyl groups excluding tert-OH is 1. The molecule has 3 N–H and O–H groups in total. The van der Waals surface area contributed by atoms with E-state index in [-0.39, 0.29) is 37.5 Å². The SMILES string of the molecule is CCCC(=O)N(C=O)OC(=O)C(O)C(CCCCNC(=O)OC(C)(C)C)NC(=O)OCc1ccccc1. The number of benzene rings is 1. The molecule has 1 aromatic rings. The van der Waals surface area contributed by atoms with E-state index in [1.54, 1.807) is 52.0 Å². The van der Waals surface area contributed by atoms with E-state index in [0.717, 1.165) is 5.56 Å². The van der Waals surface area contributed by atoms with Crippen molar-refractivity contribution in [2.24, 2.45) is 0 Å². The Hall–Kier alpha value is -3.67. The molecule has 0 aromatic heterocycles. The van der Waals surface area contributed by atoms with Gasteiger partial charge in [0.25, 0.3) is 12.3 Å². The van der Waals surface area contributed by atoms with Crippen LogP contribution in [0, 0.1) is 0 Å². The van der Waals surface area contributed by atoms with E-state index in [1.165, 1.54) is 0 Å². The van der Waals surface area contributed by atoms with Gasteiger partial charge in [-0.3, -0.25) is 9.59 Å². The van der Waals surface area contributed by atoms with Crippen LogP contribution >= 0.6 is 0 Å². The van der Waals surface area contributed by atoms with E-state index in [0.29, 0.717) is 19.3 Å². The molecule has 0 radical (unpaired) electrons. The van der Waals surface area contributed by atoms with Crippen LogP contribution in [-0.4, -0.2) is 64.9 Å². The topological polar surface area (TPSA) is 161 Å². The predicted molar refractivity (Wildman–Crippen MR) is 132 cm³/mol. The first kappa shape index (κ1) is 31.4. The van der Waals surface area contributed by atoms with E-state index in [4.69, 9.17) is 14.3 Å². The highest BCUT2D eigenvalue weighted by molar-refractivity contribution is 5.87. The molecular formula is C25H37N3O9. The normalized spacial score (nSPS) is 12.5. The van der Waals surface area contributed by atoms with Gasteiger partial charge in [-0.15, -0.1) is 5.06 Å². The molecule has 0 saturated heterocycles.